The summed E-state index contributed by atoms with van der Waals surface area (Å²) in [5.74, 6) is 0.667. The second-order valence-electron chi connectivity index (χ2n) is 5.40. The summed E-state index contributed by atoms with van der Waals surface area (Å²) in [6, 6.07) is 16.6. The van der Waals surface area contributed by atoms with Crippen LogP contribution in [0.15, 0.2) is 48.5 Å². The number of aryl methyl sites for hydroxylation is 1. The Morgan fingerprint density at radius 1 is 1.11 bits per heavy atom. The maximum Gasteiger partial charge on any atom is 0.104 e. The van der Waals surface area contributed by atoms with Crippen molar-refractivity contribution in [1.29, 1.82) is 0 Å². The molecule has 0 heterocycles. The van der Waals surface area contributed by atoms with Crippen molar-refractivity contribution in [2.75, 3.05) is 0 Å². The van der Waals surface area contributed by atoms with Gasteiger partial charge < -0.3 is 5.11 Å². The van der Waals surface area contributed by atoms with Crippen molar-refractivity contribution < 1.29 is 5.11 Å². The molecule has 1 N–H and O–H groups in total. The fourth-order valence-corrected chi connectivity index (χ4v) is 2.69. The normalized spacial score (nSPS) is 16.3. The average Bonchev–Trinajstić information content (AvgIpc) is 3.31. The Hall–Kier alpha value is -1.60. The van der Waals surface area contributed by atoms with Gasteiger partial charge in [0.1, 0.15) is 6.10 Å². The zero-order valence-electron chi connectivity index (χ0n) is 11.3. The Bertz CT molecular complexity index is 569. The van der Waals surface area contributed by atoms with Gasteiger partial charge >= 0.3 is 0 Å². The Labute approximate surface area is 114 Å². The van der Waals surface area contributed by atoms with Gasteiger partial charge in [-0.05, 0) is 47.4 Å². The second kappa shape index (κ2) is 5.18. The zero-order chi connectivity index (χ0) is 13.2. The molecule has 0 bridgehead atoms. The molecule has 1 atom stereocenters. The third-order valence-electron chi connectivity index (χ3n) is 3.98. The van der Waals surface area contributed by atoms with E-state index in [1.54, 1.807) is 0 Å². The molecule has 0 saturated heterocycles. The minimum atomic E-state index is -0.497. The molecule has 1 fully saturated rings. The third-order valence-corrected chi connectivity index (χ3v) is 3.98. The van der Waals surface area contributed by atoms with Crippen LogP contribution >= 0.6 is 0 Å². The van der Waals surface area contributed by atoms with E-state index < -0.39 is 6.10 Å². The van der Waals surface area contributed by atoms with E-state index in [0.717, 1.165) is 17.5 Å². The minimum Gasteiger partial charge on any atom is -0.384 e. The Balaban J connectivity index is 1.96. The molecule has 0 aliphatic heterocycles. The first-order valence-electron chi connectivity index (χ1n) is 7.15. The topological polar surface area (TPSA) is 20.2 Å². The van der Waals surface area contributed by atoms with Crippen LogP contribution in [0.25, 0.3) is 0 Å². The standard InChI is InChI=1S/C18H20O/c1-2-13-6-5-7-15(12-13)18(19)17-9-4-3-8-16(17)14-10-11-14/h3-9,12,14,18-19H,2,10-11H2,1H3. The molecular formula is C18H20O. The van der Waals surface area contributed by atoms with Gasteiger partial charge in [0.2, 0.25) is 0 Å². The second-order valence-corrected chi connectivity index (χ2v) is 5.40. The summed E-state index contributed by atoms with van der Waals surface area (Å²) in [6.45, 7) is 2.14. The van der Waals surface area contributed by atoms with Crippen LogP contribution in [0.3, 0.4) is 0 Å². The lowest BCUT2D eigenvalue weighted by Crippen LogP contribution is -2.03. The summed E-state index contributed by atoms with van der Waals surface area (Å²) < 4.78 is 0. The summed E-state index contributed by atoms with van der Waals surface area (Å²) in [5.41, 5.74) is 4.70. The summed E-state index contributed by atoms with van der Waals surface area (Å²) in [4.78, 5) is 0. The lowest BCUT2D eigenvalue weighted by Gasteiger charge is -2.16. The number of aliphatic hydroxyl groups is 1. The van der Waals surface area contributed by atoms with Crippen LogP contribution in [0.1, 0.15) is 54.0 Å². The first kappa shape index (κ1) is 12.4. The highest BCUT2D eigenvalue weighted by molar-refractivity contribution is 5.40. The molecule has 1 aliphatic rings. The lowest BCUT2D eigenvalue weighted by atomic mass is 9.93. The maximum absolute atomic E-state index is 10.7. The van der Waals surface area contributed by atoms with E-state index in [1.807, 2.05) is 18.2 Å². The van der Waals surface area contributed by atoms with Crippen LogP contribution in [0, 0.1) is 0 Å². The third kappa shape index (κ3) is 2.57. The van der Waals surface area contributed by atoms with Crippen molar-refractivity contribution in [3.8, 4) is 0 Å². The highest BCUT2D eigenvalue weighted by atomic mass is 16.3. The summed E-state index contributed by atoms with van der Waals surface area (Å²) in [5, 5.41) is 10.7. The summed E-state index contributed by atoms with van der Waals surface area (Å²) in [6.07, 6.45) is 3.03. The van der Waals surface area contributed by atoms with Crippen molar-refractivity contribution >= 4 is 0 Å². The van der Waals surface area contributed by atoms with Gasteiger partial charge in [-0.15, -0.1) is 0 Å². The smallest absolute Gasteiger partial charge is 0.104 e. The molecule has 1 nitrogen and oxygen atoms in total. The van der Waals surface area contributed by atoms with Gasteiger partial charge in [0.25, 0.3) is 0 Å². The highest BCUT2D eigenvalue weighted by Crippen LogP contribution is 2.43. The van der Waals surface area contributed by atoms with Crippen LogP contribution < -0.4 is 0 Å². The lowest BCUT2D eigenvalue weighted by molar-refractivity contribution is 0.219. The number of hydrogen-bond donors (Lipinski definition) is 1. The van der Waals surface area contributed by atoms with Gasteiger partial charge in [-0.1, -0.05) is 55.5 Å². The number of aliphatic hydroxyl groups excluding tert-OH is 1. The molecule has 3 rings (SSSR count). The van der Waals surface area contributed by atoms with Crippen LogP contribution in [0.4, 0.5) is 0 Å². The van der Waals surface area contributed by atoms with Crippen molar-refractivity contribution in [2.24, 2.45) is 0 Å². The fourth-order valence-electron chi connectivity index (χ4n) is 2.69. The first-order chi connectivity index (χ1) is 9.29. The highest BCUT2D eigenvalue weighted by Gasteiger charge is 2.27. The molecule has 1 heteroatoms. The minimum absolute atomic E-state index is 0.497. The SMILES string of the molecule is CCc1cccc(C(O)c2ccccc2C2CC2)c1. The molecule has 98 valence electrons. The first-order valence-corrected chi connectivity index (χ1v) is 7.15. The predicted octanol–water partition coefficient (Wildman–Crippen LogP) is 4.21. The van der Waals surface area contributed by atoms with E-state index in [4.69, 9.17) is 0 Å². The largest absolute Gasteiger partial charge is 0.384 e. The van der Waals surface area contributed by atoms with Gasteiger partial charge in [-0.25, -0.2) is 0 Å². The van der Waals surface area contributed by atoms with Gasteiger partial charge in [-0.2, -0.15) is 0 Å². The molecule has 1 unspecified atom stereocenters. The molecule has 0 amide bonds. The number of rotatable bonds is 4. The molecule has 0 radical (unpaired) electrons. The zero-order valence-corrected chi connectivity index (χ0v) is 11.3. The van der Waals surface area contributed by atoms with Crippen molar-refractivity contribution in [2.45, 2.75) is 38.2 Å². The van der Waals surface area contributed by atoms with Crippen molar-refractivity contribution in [1.82, 2.24) is 0 Å². The van der Waals surface area contributed by atoms with Gasteiger partial charge in [-0.3, -0.25) is 0 Å². The number of benzene rings is 2. The Morgan fingerprint density at radius 3 is 2.63 bits per heavy atom. The van der Waals surface area contributed by atoms with E-state index in [1.165, 1.54) is 24.0 Å². The number of hydrogen-bond acceptors (Lipinski definition) is 1. The Morgan fingerprint density at radius 2 is 1.89 bits per heavy atom. The molecule has 1 aliphatic carbocycles. The summed E-state index contributed by atoms with van der Waals surface area (Å²) >= 11 is 0. The Kier molecular flexibility index (Phi) is 3.39. The van der Waals surface area contributed by atoms with Crippen LogP contribution in [-0.4, -0.2) is 5.11 Å². The van der Waals surface area contributed by atoms with Crippen molar-refractivity contribution in [3.63, 3.8) is 0 Å². The fraction of sp³-hybridized carbons (Fsp3) is 0.333. The monoisotopic (exact) mass is 252 g/mol. The van der Waals surface area contributed by atoms with E-state index in [-0.39, 0.29) is 0 Å². The van der Waals surface area contributed by atoms with Gasteiger partial charge in [0.15, 0.2) is 0 Å². The molecule has 1 saturated carbocycles. The van der Waals surface area contributed by atoms with E-state index in [2.05, 4.69) is 37.3 Å². The molecule has 2 aromatic carbocycles. The molecule has 0 spiro atoms. The quantitative estimate of drug-likeness (QED) is 0.864. The van der Waals surface area contributed by atoms with Crippen LogP contribution in [0.5, 0.6) is 0 Å². The summed E-state index contributed by atoms with van der Waals surface area (Å²) in [7, 11) is 0. The van der Waals surface area contributed by atoms with Gasteiger partial charge in [0.05, 0.1) is 0 Å². The predicted molar refractivity (Wildman–Crippen MR) is 78.3 cm³/mol. The maximum atomic E-state index is 10.7. The van der Waals surface area contributed by atoms with E-state index >= 15 is 0 Å². The molecule has 19 heavy (non-hydrogen) atoms. The van der Waals surface area contributed by atoms with Gasteiger partial charge in [0, 0.05) is 0 Å². The molecule has 2 aromatic rings. The average molecular weight is 252 g/mol. The van der Waals surface area contributed by atoms with Crippen LogP contribution in [-0.2, 0) is 6.42 Å². The van der Waals surface area contributed by atoms with Crippen molar-refractivity contribution in [3.05, 3.63) is 70.8 Å². The molecular weight excluding hydrogens is 232 g/mol. The van der Waals surface area contributed by atoms with E-state index in [9.17, 15) is 5.11 Å². The van der Waals surface area contributed by atoms with Crippen LogP contribution in [0.2, 0.25) is 0 Å². The molecule has 0 aromatic heterocycles. The van der Waals surface area contributed by atoms with E-state index in [0.29, 0.717) is 5.92 Å².